The third-order valence-electron chi connectivity index (χ3n) is 4.98. The molecule has 1 aliphatic carbocycles. The zero-order valence-corrected chi connectivity index (χ0v) is 17.2. The number of quaternary nitrogens is 1. The Morgan fingerprint density at radius 1 is 1.14 bits per heavy atom. The molecule has 0 spiro atoms. The minimum atomic E-state index is -4.59. The second kappa shape index (κ2) is 8.42. The fourth-order valence-electron chi connectivity index (χ4n) is 3.33. The molecule has 1 aliphatic rings. The van der Waals surface area contributed by atoms with Crippen LogP contribution in [-0.2, 0) is 12.6 Å². The van der Waals surface area contributed by atoms with Gasteiger partial charge in [-0.05, 0) is 52.6 Å². The Labute approximate surface area is 177 Å². The zero-order valence-electron chi connectivity index (χ0n) is 14.8. The van der Waals surface area contributed by atoms with Crippen molar-refractivity contribution in [3.8, 4) is 0 Å². The number of halogens is 5. The second-order valence-corrected chi connectivity index (χ2v) is 8.27. The van der Waals surface area contributed by atoms with Crippen LogP contribution in [0.2, 0.25) is 10.0 Å². The van der Waals surface area contributed by atoms with E-state index in [2.05, 4.69) is 24.3 Å². The standard InChI is InChI=1S/C19H20Cl2F3N2OS/c20-16-10-14(19(22,23)24)11-17(21)18(16)26(27,28)25-9-8-13-4-1-2-7-15(13)12-5-3-6-12/h1-2,4,7,10-12,25,27-28H,3,5-6,8-9H2/q+1. The smallest absolute Gasteiger partial charge is 0.178 e. The Hall–Kier alpha value is -0.960. The minimum Gasteiger partial charge on any atom is -0.178 e. The first kappa shape index (κ1) is 21.7. The van der Waals surface area contributed by atoms with Gasteiger partial charge in [-0.1, -0.05) is 53.9 Å². The first-order valence-electron chi connectivity index (χ1n) is 8.84. The van der Waals surface area contributed by atoms with Gasteiger partial charge in [0.15, 0.2) is 0 Å². The summed E-state index contributed by atoms with van der Waals surface area (Å²) in [5.74, 6) is 0.569. The van der Waals surface area contributed by atoms with Crippen LogP contribution in [0, 0.1) is 0 Å². The molecule has 0 amide bonds. The number of benzene rings is 2. The van der Waals surface area contributed by atoms with Crippen LogP contribution < -0.4 is 9.59 Å². The van der Waals surface area contributed by atoms with Crippen molar-refractivity contribution in [2.75, 3.05) is 6.54 Å². The minimum absolute atomic E-state index is 0.160. The van der Waals surface area contributed by atoms with Gasteiger partial charge in [0.25, 0.3) is 0 Å². The average Bonchev–Trinajstić information content (AvgIpc) is 2.53. The van der Waals surface area contributed by atoms with E-state index >= 15 is 0 Å². The van der Waals surface area contributed by atoms with E-state index in [-0.39, 0.29) is 15.7 Å². The summed E-state index contributed by atoms with van der Waals surface area (Å²) in [6.45, 7) is 0.317. The predicted molar refractivity (Wildman–Crippen MR) is 109 cm³/mol. The first-order chi connectivity index (χ1) is 13.1. The van der Waals surface area contributed by atoms with Gasteiger partial charge in [0, 0.05) is 0 Å². The van der Waals surface area contributed by atoms with E-state index in [1.165, 1.54) is 24.8 Å². The number of nitrogens with zero attached hydrogens (tertiary/aromatic N) is 1. The fourth-order valence-corrected chi connectivity index (χ4v) is 4.50. The normalized spacial score (nSPS) is 17.2. The Morgan fingerprint density at radius 3 is 2.29 bits per heavy atom. The highest BCUT2D eigenvalue weighted by Gasteiger charge is 2.37. The first-order valence-corrected chi connectivity index (χ1v) is 9.99. The van der Waals surface area contributed by atoms with E-state index in [0.717, 1.165) is 17.7 Å². The van der Waals surface area contributed by atoms with E-state index in [4.69, 9.17) is 23.2 Å². The number of hydrogen-bond donors (Lipinski definition) is 3. The second-order valence-electron chi connectivity index (χ2n) is 6.87. The molecule has 152 valence electrons. The molecule has 3 rings (SSSR count). The van der Waals surface area contributed by atoms with E-state index in [1.54, 1.807) is 0 Å². The summed E-state index contributed by atoms with van der Waals surface area (Å²) in [5.41, 5.74) is 4.09. The molecule has 28 heavy (non-hydrogen) atoms. The van der Waals surface area contributed by atoms with Gasteiger partial charge in [-0.3, -0.25) is 0 Å². The quantitative estimate of drug-likeness (QED) is 0.263. The van der Waals surface area contributed by atoms with Crippen LogP contribution in [-0.4, -0.2) is 11.8 Å². The van der Waals surface area contributed by atoms with Gasteiger partial charge in [0.2, 0.25) is 5.69 Å². The molecule has 0 aliphatic heterocycles. The van der Waals surface area contributed by atoms with Crippen molar-refractivity contribution in [3.05, 3.63) is 63.1 Å². The van der Waals surface area contributed by atoms with E-state index in [1.807, 2.05) is 18.2 Å². The molecule has 2 aromatic rings. The third-order valence-corrected chi connectivity index (χ3v) is 5.90. The van der Waals surface area contributed by atoms with Crippen LogP contribution >= 0.6 is 36.0 Å². The lowest BCUT2D eigenvalue weighted by molar-refractivity contribution is -0.137. The van der Waals surface area contributed by atoms with Crippen molar-refractivity contribution in [1.29, 1.82) is 0 Å². The maximum atomic E-state index is 12.9. The van der Waals surface area contributed by atoms with Crippen LogP contribution in [0.25, 0.3) is 0 Å². The fraction of sp³-hybridized carbons (Fsp3) is 0.368. The van der Waals surface area contributed by atoms with Crippen LogP contribution in [0.3, 0.4) is 0 Å². The van der Waals surface area contributed by atoms with Gasteiger partial charge < -0.3 is 0 Å². The molecule has 1 saturated carbocycles. The predicted octanol–water partition coefficient (Wildman–Crippen LogP) is 6.57. The Balaban J connectivity index is 1.73. The monoisotopic (exact) mass is 451 g/mol. The molecular formula is C19H20Cl2F3N2OS+. The average molecular weight is 452 g/mol. The Morgan fingerprint density at radius 2 is 1.75 bits per heavy atom. The molecule has 1 atom stereocenters. The SMILES string of the molecule is O[N+](S)(NCCc1ccccc1C1CCC1)c1c(Cl)cc(C(F)(F)F)cc1Cl. The van der Waals surface area contributed by atoms with Crippen molar-refractivity contribution in [3.63, 3.8) is 0 Å². The maximum Gasteiger partial charge on any atom is 0.416 e. The number of nitrogens with one attached hydrogen (secondary N) is 1. The highest BCUT2D eigenvalue weighted by molar-refractivity contribution is 7.79. The number of hydrogen-bond acceptors (Lipinski definition) is 3. The lowest BCUT2D eigenvalue weighted by Gasteiger charge is -2.28. The van der Waals surface area contributed by atoms with Crippen molar-refractivity contribution in [1.82, 2.24) is 9.59 Å². The summed E-state index contributed by atoms with van der Waals surface area (Å²) in [5, 5.41) is 9.93. The van der Waals surface area contributed by atoms with Gasteiger partial charge in [0.05, 0.1) is 12.1 Å². The van der Waals surface area contributed by atoms with Crippen LogP contribution in [0.15, 0.2) is 36.4 Å². The molecule has 0 radical (unpaired) electrons. The van der Waals surface area contributed by atoms with Gasteiger partial charge >= 0.3 is 6.18 Å². The highest BCUT2D eigenvalue weighted by atomic mass is 35.5. The van der Waals surface area contributed by atoms with Gasteiger partial charge in [-0.25, -0.2) is 0 Å². The molecule has 3 nitrogen and oxygen atoms in total. The topological polar surface area (TPSA) is 32.3 Å². The van der Waals surface area contributed by atoms with Crippen molar-refractivity contribution in [2.45, 2.75) is 37.8 Å². The maximum absolute atomic E-state index is 12.9. The highest BCUT2D eigenvalue weighted by Crippen LogP contribution is 2.42. The van der Waals surface area contributed by atoms with Crippen molar-refractivity contribution < 1.29 is 18.4 Å². The molecule has 0 saturated heterocycles. The van der Waals surface area contributed by atoms with Crippen LogP contribution in [0.4, 0.5) is 18.9 Å². The molecule has 0 heterocycles. The zero-order chi connectivity index (χ0) is 20.5. The van der Waals surface area contributed by atoms with E-state index < -0.39 is 15.9 Å². The van der Waals surface area contributed by atoms with Crippen LogP contribution in [0.5, 0.6) is 0 Å². The Kier molecular flexibility index (Phi) is 6.54. The summed E-state index contributed by atoms with van der Waals surface area (Å²) < 4.78 is 37.4. The molecule has 2 aromatic carbocycles. The molecule has 1 fully saturated rings. The lowest BCUT2D eigenvalue weighted by atomic mass is 9.78. The van der Waals surface area contributed by atoms with Crippen molar-refractivity contribution >= 4 is 41.7 Å². The summed E-state index contributed by atoms with van der Waals surface area (Å²) in [4.78, 5) is 0. The summed E-state index contributed by atoms with van der Waals surface area (Å²) in [6, 6.07) is 9.56. The molecule has 0 bridgehead atoms. The van der Waals surface area contributed by atoms with Crippen molar-refractivity contribution in [2.24, 2.45) is 0 Å². The lowest BCUT2D eigenvalue weighted by Crippen LogP contribution is -2.50. The van der Waals surface area contributed by atoms with Gasteiger partial charge in [0.1, 0.15) is 22.9 Å². The number of thiol groups is 1. The molecule has 1 unspecified atom stereocenters. The largest absolute Gasteiger partial charge is 0.416 e. The number of rotatable bonds is 6. The summed E-state index contributed by atoms with van der Waals surface area (Å²) in [7, 11) is 0. The molecular weight excluding hydrogens is 432 g/mol. The number of alkyl halides is 3. The molecule has 0 aromatic heterocycles. The van der Waals surface area contributed by atoms with Gasteiger partial charge in [-0.2, -0.15) is 18.4 Å². The molecule has 2 N–H and O–H groups in total. The third kappa shape index (κ3) is 4.78. The van der Waals surface area contributed by atoms with E-state index in [9.17, 15) is 18.4 Å². The Bertz CT molecular complexity index is 834. The van der Waals surface area contributed by atoms with E-state index in [0.29, 0.717) is 18.9 Å². The van der Waals surface area contributed by atoms with Gasteiger partial charge in [-0.15, -0.1) is 5.43 Å². The summed E-state index contributed by atoms with van der Waals surface area (Å²) >= 11 is 16.0. The summed E-state index contributed by atoms with van der Waals surface area (Å²) in [6.07, 6.45) is -0.396. The molecule has 9 heteroatoms. The van der Waals surface area contributed by atoms with Crippen LogP contribution in [0.1, 0.15) is 41.9 Å².